The lowest BCUT2D eigenvalue weighted by Crippen LogP contribution is -2.53. The lowest BCUT2D eigenvalue weighted by Gasteiger charge is -2.50. The SMILES string of the molecule is O=C1[C@@H]2C[C@@H]3C(=CC[C@@H]4C(=O)N(c5ccc(I)cc5)C(=O)[C@@H]43)[C@H](c3ccccc3O)[C@]2(c2ccc(Cl)cc2)C(=O)N1Nc1ncc(C(F)(F)F)cc1Cl. The molecule has 9 nitrogen and oxygen atoms in total. The molecule has 270 valence electrons. The molecule has 2 aliphatic carbocycles. The maximum absolute atomic E-state index is 15.2. The van der Waals surface area contributed by atoms with E-state index < -0.39 is 69.5 Å². The van der Waals surface area contributed by atoms with Gasteiger partial charge in [0.25, 0.3) is 11.8 Å². The van der Waals surface area contributed by atoms with Crippen molar-refractivity contribution in [1.29, 1.82) is 0 Å². The Morgan fingerprint density at radius 3 is 2.26 bits per heavy atom. The lowest BCUT2D eigenvalue weighted by atomic mass is 9.49. The number of phenolic OH excluding ortho intramolecular Hbond substituents is 1. The highest BCUT2D eigenvalue weighted by Crippen LogP contribution is 2.65. The van der Waals surface area contributed by atoms with Crippen LogP contribution in [0.3, 0.4) is 0 Å². The predicted octanol–water partition coefficient (Wildman–Crippen LogP) is 7.91. The maximum Gasteiger partial charge on any atom is 0.417 e. The molecule has 6 atom stereocenters. The Bertz CT molecular complexity index is 2250. The number of carbonyl (C=O) groups is 4. The fraction of sp³-hybridized carbons (Fsp3) is 0.237. The number of para-hydroxylation sites is 1. The molecule has 3 aromatic carbocycles. The van der Waals surface area contributed by atoms with Crippen molar-refractivity contribution in [2.24, 2.45) is 23.7 Å². The Hall–Kier alpha value is -4.47. The highest BCUT2D eigenvalue weighted by molar-refractivity contribution is 14.1. The highest BCUT2D eigenvalue weighted by Gasteiger charge is 2.70. The van der Waals surface area contributed by atoms with Crippen LogP contribution in [0, 0.1) is 27.2 Å². The number of phenols is 1. The molecule has 0 radical (unpaired) electrons. The molecule has 53 heavy (non-hydrogen) atoms. The van der Waals surface area contributed by atoms with E-state index in [-0.39, 0.29) is 30.3 Å². The number of benzene rings is 3. The second-order valence-corrected chi connectivity index (χ2v) is 15.6. The quantitative estimate of drug-likeness (QED) is 0.119. The van der Waals surface area contributed by atoms with E-state index in [1.54, 1.807) is 66.7 Å². The molecule has 3 fully saturated rings. The van der Waals surface area contributed by atoms with E-state index in [9.17, 15) is 32.7 Å². The number of aromatic nitrogens is 1. The highest BCUT2D eigenvalue weighted by atomic mass is 127. The Morgan fingerprint density at radius 1 is 0.906 bits per heavy atom. The molecule has 1 saturated carbocycles. The summed E-state index contributed by atoms with van der Waals surface area (Å²) in [6, 6.07) is 20.4. The van der Waals surface area contributed by atoms with E-state index in [1.165, 1.54) is 11.0 Å². The number of imide groups is 2. The number of amides is 4. The number of nitrogens with one attached hydrogen (secondary N) is 1. The number of fused-ring (bicyclic) bond motifs is 4. The first-order chi connectivity index (χ1) is 25.2. The van der Waals surface area contributed by atoms with Crippen LogP contribution in [0.2, 0.25) is 10.0 Å². The standard InChI is InChI=1S/C38H26Cl2F3IN4O5/c39-20-7-5-18(6-8-20)37-27(34(51)48(36(37)53)46-32-28(40)15-19(17-45-32)38(41,42)43)16-26-23(31(37)24-3-1-2-4-29(24)49)13-14-25-30(26)35(52)47(33(25)50)22-11-9-21(44)10-12-22/h1-13,15,17,25-27,30-31,49H,14,16H2,(H,45,46)/t25-,26+,27-,30-,31+,37+/m0/s1. The minimum Gasteiger partial charge on any atom is -0.508 e. The average molecular weight is 873 g/mol. The Kier molecular flexibility index (Phi) is 8.61. The topological polar surface area (TPSA) is 120 Å². The zero-order valence-electron chi connectivity index (χ0n) is 27.2. The van der Waals surface area contributed by atoms with Crippen molar-refractivity contribution in [3.63, 3.8) is 0 Å². The summed E-state index contributed by atoms with van der Waals surface area (Å²) in [5.74, 6) is -7.43. The molecule has 0 bridgehead atoms. The fourth-order valence-electron chi connectivity index (χ4n) is 8.70. The van der Waals surface area contributed by atoms with Crippen LogP contribution in [0.25, 0.3) is 0 Å². The van der Waals surface area contributed by atoms with Gasteiger partial charge in [-0.3, -0.25) is 29.5 Å². The summed E-state index contributed by atoms with van der Waals surface area (Å²) in [4.78, 5) is 63.3. The van der Waals surface area contributed by atoms with Gasteiger partial charge in [0, 0.05) is 26.3 Å². The van der Waals surface area contributed by atoms with Crippen LogP contribution in [0.1, 0.15) is 35.4 Å². The van der Waals surface area contributed by atoms with E-state index in [1.807, 2.05) is 6.08 Å². The predicted molar refractivity (Wildman–Crippen MR) is 197 cm³/mol. The molecule has 2 saturated heterocycles. The van der Waals surface area contributed by atoms with Gasteiger partial charge in [-0.2, -0.15) is 18.2 Å². The molecule has 2 aliphatic heterocycles. The van der Waals surface area contributed by atoms with Gasteiger partial charge in [-0.1, -0.05) is 65.2 Å². The van der Waals surface area contributed by atoms with Gasteiger partial charge in [-0.05, 0) is 95.4 Å². The Labute approximate surface area is 323 Å². The van der Waals surface area contributed by atoms with E-state index in [0.717, 1.165) is 3.57 Å². The molecule has 4 amide bonds. The molecule has 15 heteroatoms. The number of nitrogens with zero attached hydrogens (tertiary/aromatic N) is 3. The zero-order valence-corrected chi connectivity index (χ0v) is 30.8. The van der Waals surface area contributed by atoms with Gasteiger partial charge < -0.3 is 5.11 Å². The van der Waals surface area contributed by atoms with Gasteiger partial charge in [0.05, 0.1) is 39.4 Å². The smallest absolute Gasteiger partial charge is 0.417 e. The molecule has 8 rings (SSSR count). The second-order valence-electron chi connectivity index (χ2n) is 13.5. The number of carbonyl (C=O) groups excluding carboxylic acids is 4. The van der Waals surface area contributed by atoms with Crippen LogP contribution >= 0.6 is 45.8 Å². The van der Waals surface area contributed by atoms with Crippen molar-refractivity contribution in [3.05, 3.63) is 127 Å². The zero-order chi connectivity index (χ0) is 37.6. The number of hydrogen-bond acceptors (Lipinski definition) is 7. The number of rotatable bonds is 5. The number of hydrogen-bond donors (Lipinski definition) is 2. The van der Waals surface area contributed by atoms with E-state index in [0.29, 0.717) is 44.7 Å². The number of allylic oxidation sites excluding steroid dienone is 2. The minimum absolute atomic E-state index is 0.0454. The fourth-order valence-corrected chi connectivity index (χ4v) is 9.40. The average Bonchev–Trinajstić information content (AvgIpc) is 3.50. The molecule has 4 aromatic rings. The monoisotopic (exact) mass is 872 g/mol. The number of halogens is 6. The van der Waals surface area contributed by atoms with Crippen molar-refractivity contribution in [2.75, 3.05) is 10.3 Å². The van der Waals surface area contributed by atoms with E-state index in [2.05, 4.69) is 33.0 Å². The van der Waals surface area contributed by atoms with Crippen LogP contribution in [-0.4, -0.2) is 38.7 Å². The van der Waals surface area contributed by atoms with Gasteiger partial charge in [0.1, 0.15) is 5.75 Å². The third kappa shape index (κ3) is 5.44. The van der Waals surface area contributed by atoms with Gasteiger partial charge >= 0.3 is 6.18 Å². The molecule has 3 heterocycles. The van der Waals surface area contributed by atoms with E-state index >= 15 is 4.79 Å². The summed E-state index contributed by atoms with van der Waals surface area (Å²) < 4.78 is 41.2. The van der Waals surface area contributed by atoms with Crippen LogP contribution in [0.4, 0.5) is 24.7 Å². The number of anilines is 2. The maximum atomic E-state index is 15.2. The second kappa shape index (κ2) is 12.8. The third-order valence-electron chi connectivity index (χ3n) is 10.9. The van der Waals surface area contributed by atoms with Crippen molar-refractivity contribution in [1.82, 2.24) is 9.99 Å². The first-order valence-corrected chi connectivity index (χ1v) is 18.3. The molecule has 0 unspecified atom stereocenters. The summed E-state index contributed by atoms with van der Waals surface area (Å²) in [6.45, 7) is 0. The molecule has 4 aliphatic rings. The van der Waals surface area contributed by atoms with Crippen molar-refractivity contribution in [3.8, 4) is 5.75 Å². The van der Waals surface area contributed by atoms with Gasteiger partial charge in [-0.25, -0.2) is 4.98 Å². The largest absolute Gasteiger partial charge is 0.508 e. The van der Waals surface area contributed by atoms with Gasteiger partial charge in [-0.15, -0.1) is 0 Å². The Balaban J connectivity index is 1.30. The normalized spacial score (nSPS) is 26.7. The summed E-state index contributed by atoms with van der Waals surface area (Å²) >= 11 is 14.7. The molecule has 1 aromatic heterocycles. The number of pyridine rings is 1. The van der Waals surface area contributed by atoms with Crippen LogP contribution in [0.15, 0.2) is 96.7 Å². The van der Waals surface area contributed by atoms with Crippen LogP contribution in [-0.2, 0) is 30.8 Å². The summed E-state index contributed by atoms with van der Waals surface area (Å²) in [7, 11) is 0. The number of aromatic hydroxyl groups is 1. The lowest BCUT2D eigenvalue weighted by molar-refractivity contribution is -0.139. The third-order valence-corrected chi connectivity index (χ3v) is 12.1. The molecule has 0 spiro atoms. The summed E-state index contributed by atoms with van der Waals surface area (Å²) in [5, 5.41) is 12.0. The van der Waals surface area contributed by atoms with E-state index in [4.69, 9.17) is 23.2 Å². The summed E-state index contributed by atoms with van der Waals surface area (Å²) in [6.07, 6.45) is -2.24. The number of hydrazine groups is 1. The molecular formula is C38H26Cl2F3IN4O5. The molecule has 2 N–H and O–H groups in total. The van der Waals surface area contributed by atoms with Gasteiger partial charge in [0.2, 0.25) is 11.8 Å². The Morgan fingerprint density at radius 2 is 1.60 bits per heavy atom. The van der Waals surface area contributed by atoms with Crippen LogP contribution in [0.5, 0.6) is 5.75 Å². The first-order valence-electron chi connectivity index (χ1n) is 16.5. The van der Waals surface area contributed by atoms with Gasteiger partial charge in [0.15, 0.2) is 5.82 Å². The first kappa shape index (κ1) is 35.6. The number of alkyl halides is 3. The molecular weight excluding hydrogens is 847 g/mol. The minimum atomic E-state index is -4.75. The van der Waals surface area contributed by atoms with Crippen molar-refractivity contribution in [2.45, 2.75) is 30.4 Å². The summed E-state index contributed by atoms with van der Waals surface area (Å²) in [5.41, 5.74) is 1.43. The van der Waals surface area contributed by atoms with Crippen molar-refractivity contribution >= 4 is 80.9 Å². The van der Waals surface area contributed by atoms with Crippen LogP contribution < -0.4 is 10.3 Å². The van der Waals surface area contributed by atoms with Crippen molar-refractivity contribution < 1.29 is 37.5 Å².